The molecule has 0 bridgehead atoms. The Balaban J connectivity index is 1.61. The molecule has 2 unspecified atom stereocenters. The molecule has 1 aliphatic heterocycles. The monoisotopic (exact) mass is 400 g/mol. The largest absolute Gasteiger partial charge is 0.467 e. The molecule has 3 heterocycles. The molecule has 0 spiro atoms. The number of aromatic nitrogens is 3. The Hall–Kier alpha value is -3.36. The fourth-order valence-electron chi connectivity index (χ4n) is 4.00. The predicted molar refractivity (Wildman–Crippen MR) is 95.9 cm³/mol. The lowest BCUT2D eigenvalue weighted by molar-refractivity contribution is -0.145. The molecular weight excluding hydrogens is 385 g/mol. The first-order valence-electron chi connectivity index (χ1n) is 9.07. The predicted octanol–water partition coefficient (Wildman–Crippen LogP) is 4.31. The number of hydrogen-bond acceptors (Lipinski definition) is 5. The number of anilines is 1. The number of allylic oxidation sites excluding steroid dienone is 2. The number of furan rings is 1. The molecule has 9 heteroatoms. The fourth-order valence-corrected chi connectivity index (χ4v) is 4.00. The Morgan fingerprint density at radius 3 is 2.59 bits per heavy atom. The summed E-state index contributed by atoms with van der Waals surface area (Å²) in [5.41, 5.74) is 1.94. The van der Waals surface area contributed by atoms with Crippen molar-refractivity contribution in [3.05, 3.63) is 77.1 Å². The Morgan fingerprint density at radius 2 is 1.90 bits per heavy atom. The third-order valence-corrected chi connectivity index (χ3v) is 5.26. The maximum Gasteiger partial charge on any atom is 0.453 e. The Kier molecular flexibility index (Phi) is 3.87. The summed E-state index contributed by atoms with van der Waals surface area (Å²) in [6, 6.07) is 11.9. The van der Waals surface area contributed by atoms with Crippen LogP contribution < -0.4 is 5.32 Å². The lowest BCUT2D eigenvalue weighted by Gasteiger charge is -2.34. The number of rotatable bonds is 2. The molecule has 1 N–H and O–H groups in total. The van der Waals surface area contributed by atoms with Gasteiger partial charge in [0, 0.05) is 17.7 Å². The van der Waals surface area contributed by atoms with Crippen LogP contribution in [0.3, 0.4) is 0 Å². The molecule has 5 rings (SSSR count). The highest BCUT2D eigenvalue weighted by atomic mass is 19.4. The SMILES string of the molecule is O=C1CC(c2ccccc2)CC2=C1C(c1ccco1)n1nc(C(F)(F)F)nc1N2. The van der Waals surface area contributed by atoms with E-state index in [0.29, 0.717) is 23.5 Å². The van der Waals surface area contributed by atoms with E-state index in [1.54, 1.807) is 12.1 Å². The Bertz CT molecular complexity index is 1100. The quantitative estimate of drug-likeness (QED) is 0.694. The van der Waals surface area contributed by atoms with Gasteiger partial charge >= 0.3 is 6.18 Å². The third kappa shape index (κ3) is 2.93. The van der Waals surface area contributed by atoms with Crippen LogP contribution in [-0.4, -0.2) is 20.5 Å². The first-order valence-corrected chi connectivity index (χ1v) is 9.07. The van der Waals surface area contributed by atoms with E-state index in [9.17, 15) is 18.0 Å². The van der Waals surface area contributed by atoms with Crippen LogP contribution in [0.5, 0.6) is 0 Å². The topological polar surface area (TPSA) is 73.0 Å². The number of benzene rings is 1. The molecule has 6 nitrogen and oxygen atoms in total. The van der Waals surface area contributed by atoms with Crippen molar-refractivity contribution in [1.29, 1.82) is 0 Å². The van der Waals surface area contributed by atoms with Crippen molar-refractivity contribution >= 4 is 11.7 Å². The molecule has 2 aromatic heterocycles. The Morgan fingerprint density at radius 1 is 1.10 bits per heavy atom. The molecule has 0 amide bonds. The number of ketones is 1. The number of carbonyl (C=O) groups is 1. The minimum atomic E-state index is -4.70. The zero-order valence-electron chi connectivity index (χ0n) is 15.0. The first-order chi connectivity index (χ1) is 13.9. The van der Waals surface area contributed by atoms with Crippen molar-refractivity contribution in [2.45, 2.75) is 31.0 Å². The van der Waals surface area contributed by atoms with Gasteiger partial charge in [-0.05, 0) is 30.0 Å². The van der Waals surface area contributed by atoms with Crippen LogP contribution in [0.2, 0.25) is 0 Å². The highest BCUT2D eigenvalue weighted by molar-refractivity contribution is 6.00. The van der Waals surface area contributed by atoms with E-state index in [2.05, 4.69) is 15.4 Å². The van der Waals surface area contributed by atoms with E-state index in [1.165, 1.54) is 6.26 Å². The number of alkyl halides is 3. The highest BCUT2D eigenvalue weighted by Crippen LogP contribution is 2.44. The smallest absolute Gasteiger partial charge is 0.453 e. The third-order valence-electron chi connectivity index (χ3n) is 5.26. The molecule has 3 aromatic rings. The number of nitrogens with zero attached hydrogens (tertiary/aromatic N) is 3. The van der Waals surface area contributed by atoms with Gasteiger partial charge in [0.2, 0.25) is 5.95 Å². The first kappa shape index (κ1) is 17.7. The van der Waals surface area contributed by atoms with Gasteiger partial charge in [-0.3, -0.25) is 4.79 Å². The summed E-state index contributed by atoms with van der Waals surface area (Å²) in [6.07, 6.45) is -2.54. The van der Waals surface area contributed by atoms with E-state index in [0.717, 1.165) is 10.2 Å². The van der Waals surface area contributed by atoms with Gasteiger partial charge in [-0.2, -0.15) is 18.2 Å². The molecule has 0 fully saturated rings. The van der Waals surface area contributed by atoms with Gasteiger partial charge in [-0.15, -0.1) is 5.10 Å². The highest BCUT2D eigenvalue weighted by Gasteiger charge is 2.44. The Labute approximate surface area is 163 Å². The van der Waals surface area contributed by atoms with Gasteiger partial charge in [-0.25, -0.2) is 4.68 Å². The summed E-state index contributed by atoms with van der Waals surface area (Å²) in [5, 5.41) is 6.55. The summed E-state index contributed by atoms with van der Waals surface area (Å²) in [6.45, 7) is 0. The van der Waals surface area contributed by atoms with Gasteiger partial charge in [-0.1, -0.05) is 30.3 Å². The average molecular weight is 400 g/mol. The fraction of sp³-hybridized carbons (Fsp3) is 0.250. The van der Waals surface area contributed by atoms with Crippen LogP contribution >= 0.6 is 0 Å². The van der Waals surface area contributed by atoms with Crippen LogP contribution in [0.1, 0.15) is 41.9 Å². The summed E-state index contributed by atoms with van der Waals surface area (Å²) >= 11 is 0. The van der Waals surface area contributed by atoms with Crippen molar-refractivity contribution in [2.24, 2.45) is 0 Å². The van der Waals surface area contributed by atoms with Crippen molar-refractivity contribution in [1.82, 2.24) is 14.8 Å². The maximum atomic E-state index is 13.2. The van der Waals surface area contributed by atoms with E-state index >= 15 is 0 Å². The van der Waals surface area contributed by atoms with Crippen molar-refractivity contribution < 1.29 is 22.4 Å². The summed E-state index contributed by atoms with van der Waals surface area (Å²) in [7, 11) is 0. The van der Waals surface area contributed by atoms with Crippen LogP contribution in [0, 0.1) is 0 Å². The molecule has 2 atom stereocenters. The lowest BCUT2D eigenvalue weighted by Crippen LogP contribution is -2.33. The van der Waals surface area contributed by atoms with Gasteiger partial charge in [0.15, 0.2) is 5.78 Å². The molecule has 29 heavy (non-hydrogen) atoms. The molecule has 0 saturated carbocycles. The van der Waals surface area contributed by atoms with E-state index < -0.39 is 18.0 Å². The second kappa shape index (κ2) is 6.33. The minimum Gasteiger partial charge on any atom is -0.467 e. The van der Waals surface area contributed by atoms with Gasteiger partial charge in [0.1, 0.15) is 11.8 Å². The van der Waals surface area contributed by atoms with Crippen LogP contribution in [0.4, 0.5) is 19.1 Å². The van der Waals surface area contributed by atoms with E-state index in [4.69, 9.17) is 4.42 Å². The molecule has 2 aliphatic rings. The molecule has 1 aliphatic carbocycles. The van der Waals surface area contributed by atoms with Crippen LogP contribution in [0.25, 0.3) is 0 Å². The second-order valence-corrected chi connectivity index (χ2v) is 7.08. The molecule has 0 radical (unpaired) electrons. The molecule has 1 aromatic carbocycles. The molecule has 148 valence electrons. The van der Waals surface area contributed by atoms with Crippen molar-refractivity contribution in [3.63, 3.8) is 0 Å². The van der Waals surface area contributed by atoms with Crippen LogP contribution in [0.15, 0.2) is 64.4 Å². The normalized spacial score (nSPS) is 21.6. The van der Waals surface area contributed by atoms with E-state index in [1.807, 2.05) is 30.3 Å². The zero-order chi connectivity index (χ0) is 20.2. The summed E-state index contributed by atoms with van der Waals surface area (Å²) < 4.78 is 46.1. The number of carbonyl (C=O) groups excluding carboxylic acids is 1. The van der Waals surface area contributed by atoms with Gasteiger partial charge in [0.25, 0.3) is 5.82 Å². The van der Waals surface area contributed by atoms with E-state index in [-0.39, 0.29) is 24.1 Å². The minimum absolute atomic E-state index is 0.0565. The standard InChI is InChI=1S/C20H15F3N4O2/c21-20(22,23)18-25-19-24-13-9-12(11-5-2-1-3-6-11)10-14(28)16(13)17(27(19)26-18)15-7-4-8-29-15/h1-8,12,17H,9-10H2,(H,24,25,26). The number of halogens is 3. The second-order valence-electron chi connectivity index (χ2n) is 7.08. The van der Waals surface area contributed by atoms with Crippen molar-refractivity contribution in [3.8, 4) is 0 Å². The number of Topliss-reactive ketones (excluding diaryl/α,β-unsaturated/α-hetero) is 1. The number of fused-ring (bicyclic) bond motifs is 1. The summed E-state index contributed by atoms with van der Waals surface area (Å²) in [5.74, 6) is -1.19. The number of nitrogens with one attached hydrogen (secondary N) is 1. The maximum absolute atomic E-state index is 13.2. The van der Waals surface area contributed by atoms with Gasteiger partial charge in [0.05, 0.1) is 6.26 Å². The summed E-state index contributed by atoms with van der Waals surface area (Å²) in [4.78, 5) is 16.7. The number of hydrogen-bond donors (Lipinski definition) is 1. The van der Waals surface area contributed by atoms with Crippen LogP contribution in [-0.2, 0) is 11.0 Å². The van der Waals surface area contributed by atoms with Crippen molar-refractivity contribution in [2.75, 3.05) is 5.32 Å². The molecular formula is C20H15F3N4O2. The molecule has 0 saturated heterocycles. The lowest BCUT2D eigenvalue weighted by atomic mass is 9.79. The average Bonchev–Trinajstić information content (AvgIpc) is 3.36. The zero-order valence-corrected chi connectivity index (χ0v) is 15.0. The van der Waals surface area contributed by atoms with Gasteiger partial charge < -0.3 is 9.73 Å².